The van der Waals surface area contributed by atoms with Crippen LogP contribution in [0.3, 0.4) is 0 Å². The molecule has 0 unspecified atom stereocenters. The zero-order valence-corrected chi connectivity index (χ0v) is 12.7. The quantitative estimate of drug-likeness (QED) is 0.781. The molecule has 0 radical (unpaired) electrons. The summed E-state index contributed by atoms with van der Waals surface area (Å²) in [5, 5.41) is 1.08. The highest BCUT2D eigenvalue weighted by molar-refractivity contribution is 6.22. The van der Waals surface area contributed by atoms with Crippen molar-refractivity contribution in [3.05, 3.63) is 65.0 Å². The van der Waals surface area contributed by atoms with Crippen molar-refractivity contribution in [2.24, 2.45) is 0 Å². The molecule has 3 amide bonds. The van der Waals surface area contributed by atoms with Gasteiger partial charge in [0.15, 0.2) is 5.69 Å². The number of fused-ring (bicyclic) bond motifs is 1. The molecule has 0 saturated carbocycles. The second-order valence-corrected chi connectivity index (χ2v) is 5.19. The van der Waals surface area contributed by atoms with Crippen molar-refractivity contribution in [2.75, 3.05) is 7.05 Å². The summed E-state index contributed by atoms with van der Waals surface area (Å²) in [6.45, 7) is 0. The zero-order chi connectivity index (χ0) is 18.4. The van der Waals surface area contributed by atoms with Gasteiger partial charge in [0.2, 0.25) is 0 Å². The van der Waals surface area contributed by atoms with Gasteiger partial charge >= 0.3 is 6.18 Å². The van der Waals surface area contributed by atoms with E-state index in [0.717, 1.165) is 19.3 Å². The van der Waals surface area contributed by atoms with Crippen LogP contribution < -0.4 is 0 Å². The van der Waals surface area contributed by atoms with Crippen molar-refractivity contribution in [2.45, 2.75) is 6.18 Å². The molecule has 1 aromatic heterocycles. The van der Waals surface area contributed by atoms with Crippen molar-refractivity contribution in [1.29, 1.82) is 0 Å². The Bertz CT molecular complexity index is 860. The zero-order valence-electron chi connectivity index (χ0n) is 12.7. The Morgan fingerprint density at radius 2 is 1.60 bits per heavy atom. The van der Waals surface area contributed by atoms with Crippen LogP contribution in [0.2, 0.25) is 0 Å². The fourth-order valence-corrected chi connectivity index (χ4v) is 2.52. The first-order valence-corrected chi connectivity index (χ1v) is 7.01. The number of nitrogens with zero attached hydrogens (tertiary/aromatic N) is 3. The molecular formula is C16H10F3N3O3. The fraction of sp³-hybridized carbons (Fsp3) is 0.125. The smallest absolute Gasteiger partial charge is 0.267 e. The van der Waals surface area contributed by atoms with E-state index < -0.39 is 35.2 Å². The molecule has 6 nitrogen and oxygen atoms in total. The largest absolute Gasteiger partial charge is 0.434 e. The van der Waals surface area contributed by atoms with E-state index in [2.05, 4.69) is 4.98 Å². The molecule has 0 aliphatic carbocycles. The van der Waals surface area contributed by atoms with E-state index in [-0.39, 0.29) is 11.1 Å². The molecule has 128 valence electrons. The van der Waals surface area contributed by atoms with Crippen molar-refractivity contribution >= 4 is 17.7 Å². The lowest BCUT2D eigenvalue weighted by Gasteiger charge is -2.26. The van der Waals surface area contributed by atoms with Crippen LogP contribution in [0.25, 0.3) is 0 Å². The van der Waals surface area contributed by atoms with E-state index in [1.165, 1.54) is 30.3 Å². The van der Waals surface area contributed by atoms with Gasteiger partial charge in [0.05, 0.1) is 16.7 Å². The normalized spacial score (nSPS) is 13.8. The van der Waals surface area contributed by atoms with Gasteiger partial charge in [-0.05, 0) is 24.3 Å². The second kappa shape index (κ2) is 5.69. The van der Waals surface area contributed by atoms with Gasteiger partial charge in [0, 0.05) is 13.2 Å². The maximum Gasteiger partial charge on any atom is 0.434 e. The Balaban J connectivity index is 1.98. The third kappa shape index (κ3) is 2.63. The number of hydrazine groups is 1. The number of alkyl halides is 3. The van der Waals surface area contributed by atoms with Crippen LogP contribution in [0.15, 0.2) is 42.6 Å². The minimum atomic E-state index is -4.85. The summed E-state index contributed by atoms with van der Waals surface area (Å²) >= 11 is 0. The molecule has 0 atom stereocenters. The minimum absolute atomic E-state index is 0.0781. The molecule has 9 heteroatoms. The van der Waals surface area contributed by atoms with Gasteiger partial charge in [0.1, 0.15) is 0 Å². The van der Waals surface area contributed by atoms with E-state index in [0.29, 0.717) is 10.0 Å². The Labute approximate surface area is 139 Å². The molecule has 0 bridgehead atoms. The number of carbonyl (C=O) groups excluding carboxylic acids is 3. The molecule has 25 heavy (non-hydrogen) atoms. The first kappa shape index (κ1) is 16.6. The van der Waals surface area contributed by atoms with Crippen molar-refractivity contribution in [1.82, 2.24) is 15.0 Å². The average molecular weight is 349 g/mol. The molecule has 1 aliphatic rings. The van der Waals surface area contributed by atoms with Gasteiger partial charge in [-0.3, -0.25) is 19.4 Å². The molecule has 0 N–H and O–H groups in total. The summed E-state index contributed by atoms with van der Waals surface area (Å²) < 4.78 is 39.1. The number of aromatic nitrogens is 1. The molecule has 2 heterocycles. The van der Waals surface area contributed by atoms with Crippen LogP contribution in [0.4, 0.5) is 13.2 Å². The van der Waals surface area contributed by atoms with Gasteiger partial charge in [-0.1, -0.05) is 12.1 Å². The predicted octanol–water partition coefficient (Wildman–Crippen LogP) is 2.38. The number of pyridine rings is 1. The summed E-state index contributed by atoms with van der Waals surface area (Å²) in [5.41, 5.74) is -1.98. The number of imide groups is 1. The molecule has 0 fully saturated rings. The lowest BCUT2D eigenvalue weighted by Crippen LogP contribution is -2.47. The van der Waals surface area contributed by atoms with Gasteiger partial charge in [-0.15, -0.1) is 0 Å². The third-order valence-electron chi connectivity index (χ3n) is 3.67. The summed E-state index contributed by atoms with van der Waals surface area (Å²) in [6.07, 6.45) is -3.95. The van der Waals surface area contributed by atoms with E-state index in [1.54, 1.807) is 0 Å². The maximum atomic E-state index is 13.0. The van der Waals surface area contributed by atoms with Gasteiger partial charge in [-0.25, -0.2) is 5.01 Å². The van der Waals surface area contributed by atoms with Gasteiger partial charge in [0.25, 0.3) is 17.7 Å². The van der Waals surface area contributed by atoms with Crippen LogP contribution in [0.5, 0.6) is 0 Å². The number of hydrogen-bond donors (Lipinski definition) is 0. The van der Waals surface area contributed by atoms with Crippen molar-refractivity contribution in [3.8, 4) is 0 Å². The number of benzene rings is 1. The Morgan fingerprint density at radius 3 is 2.12 bits per heavy atom. The molecule has 2 aromatic rings. The minimum Gasteiger partial charge on any atom is -0.267 e. The van der Waals surface area contributed by atoms with Crippen molar-refractivity contribution in [3.63, 3.8) is 0 Å². The molecule has 1 aliphatic heterocycles. The molecule has 1 aromatic carbocycles. The van der Waals surface area contributed by atoms with E-state index >= 15 is 0 Å². The number of carbonyl (C=O) groups is 3. The highest BCUT2D eigenvalue weighted by atomic mass is 19.4. The fourth-order valence-electron chi connectivity index (χ4n) is 2.52. The lowest BCUT2D eigenvalue weighted by atomic mass is 10.1. The number of amides is 3. The topological polar surface area (TPSA) is 70.6 Å². The summed E-state index contributed by atoms with van der Waals surface area (Å²) in [7, 11) is 1.05. The molecule has 0 saturated heterocycles. The summed E-state index contributed by atoms with van der Waals surface area (Å²) in [5.74, 6) is -2.74. The lowest BCUT2D eigenvalue weighted by molar-refractivity contribution is -0.141. The number of halogens is 3. The third-order valence-corrected chi connectivity index (χ3v) is 3.67. The van der Waals surface area contributed by atoms with Crippen LogP contribution >= 0.6 is 0 Å². The Kier molecular flexibility index (Phi) is 3.78. The second-order valence-electron chi connectivity index (χ2n) is 5.19. The first-order chi connectivity index (χ1) is 11.7. The molecule has 3 rings (SSSR count). The van der Waals surface area contributed by atoms with Crippen LogP contribution in [-0.2, 0) is 6.18 Å². The van der Waals surface area contributed by atoms with Gasteiger partial charge < -0.3 is 0 Å². The monoisotopic (exact) mass is 349 g/mol. The number of rotatable bonds is 2. The SMILES string of the molecule is CN(C(=O)c1cccnc1C(F)(F)F)N1C(=O)c2ccccc2C1=O. The standard InChI is InChI=1S/C16H10F3N3O3/c1-21(13(23)11-7-4-8-20-12(11)16(17,18)19)22-14(24)9-5-2-3-6-10(9)15(22)25/h2-8H,1H3. The predicted molar refractivity (Wildman–Crippen MR) is 78.3 cm³/mol. The maximum absolute atomic E-state index is 13.0. The molecular weight excluding hydrogens is 339 g/mol. The summed E-state index contributed by atoms with van der Waals surface area (Å²) in [4.78, 5) is 40.4. The summed E-state index contributed by atoms with van der Waals surface area (Å²) in [6, 6.07) is 7.99. The van der Waals surface area contributed by atoms with E-state index in [1.807, 2.05) is 0 Å². The molecule has 0 spiro atoms. The van der Waals surface area contributed by atoms with Crippen LogP contribution in [0.1, 0.15) is 36.8 Å². The Morgan fingerprint density at radius 1 is 1.04 bits per heavy atom. The van der Waals surface area contributed by atoms with Crippen LogP contribution in [-0.4, -0.2) is 39.8 Å². The van der Waals surface area contributed by atoms with E-state index in [9.17, 15) is 27.6 Å². The average Bonchev–Trinajstić information content (AvgIpc) is 2.84. The van der Waals surface area contributed by atoms with E-state index in [4.69, 9.17) is 0 Å². The highest BCUT2D eigenvalue weighted by Gasteiger charge is 2.42. The first-order valence-electron chi connectivity index (χ1n) is 7.01. The number of hydrogen-bond acceptors (Lipinski definition) is 4. The Hall–Kier alpha value is -3.23. The van der Waals surface area contributed by atoms with Crippen LogP contribution in [0, 0.1) is 0 Å². The highest BCUT2D eigenvalue weighted by Crippen LogP contribution is 2.31. The van der Waals surface area contributed by atoms with Crippen molar-refractivity contribution < 1.29 is 27.6 Å². The van der Waals surface area contributed by atoms with Gasteiger partial charge in [-0.2, -0.15) is 18.2 Å².